The molecular formula is C16H29NO2. The van der Waals surface area contributed by atoms with Gasteiger partial charge in [0.05, 0.1) is 6.61 Å². The molecule has 1 N–H and O–H groups in total. The average Bonchev–Trinajstić information content (AvgIpc) is 2.96. The molecule has 0 aromatic heterocycles. The molecule has 0 atom stereocenters. The number of hydrogen-bond donors (Lipinski definition) is 1. The first-order valence-corrected chi connectivity index (χ1v) is 8.21. The fourth-order valence-electron chi connectivity index (χ4n) is 3.78. The Morgan fingerprint density at radius 2 is 1.63 bits per heavy atom. The Kier molecular flexibility index (Phi) is 6.15. The Morgan fingerprint density at radius 1 is 1.00 bits per heavy atom. The lowest BCUT2D eigenvalue weighted by Gasteiger charge is -2.34. The van der Waals surface area contributed by atoms with Crippen molar-refractivity contribution in [2.45, 2.75) is 76.7 Å². The SMILES string of the molecule is O=C(CCC1CCCC1)N(CCO)C1CCCCC1. The average molecular weight is 267 g/mol. The minimum absolute atomic E-state index is 0.103. The van der Waals surface area contributed by atoms with Gasteiger partial charge in [-0.15, -0.1) is 0 Å². The van der Waals surface area contributed by atoms with Crippen LogP contribution in [0.1, 0.15) is 70.6 Å². The molecule has 19 heavy (non-hydrogen) atoms. The van der Waals surface area contributed by atoms with Crippen molar-refractivity contribution in [1.82, 2.24) is 4.90 Å². The molecule has 2 rings (SSSR count). The quantitative estimate of drug-likeness (QED) is 0.803. The third-order valence-electron chi connectivity index (χ3n) is 4.92. The zero-order valence-corrected chi connectivity index (χ0v) is 12.1. The van der Waals surface area contributed by atoms with Crippen molar-refractivity contribution >= 4 is 5.91 Å². The van der Waals surface area contributed by atoms with Crippen LogP contribution in [0.3, 0.4) is 0 Å². The topological polar surface area (TPSA) is 40.5 Å². The molecule has 0 aliphatic heterocycles. The van der Waals surface area contributed by atoms with E-state index in [9.17, 15) is 9.90 Å². The van der Waals surface area contributed by atoms with E-state index in [0.717, 1.165) is 25.2 Å². The van der Waals surface area contributed by atoms with E-state index >= 15 is 0 Å². The van der Waals surface area contributed by atoms with Gasteiger partial charge in [0.1, 0.15) is 0 Å². The van der Waals surface area contributed by atoms with Gasteiger partial charge in [-0.05, 0) is 25.2 Å². The summed E-state index contributed by atoms with van der Waals surface area (Å²) in [6.45, 7) is 0.639. The van der Waals surface area contributed by atoms with Crippen molar-refractivity contribution in [1.29, 1.82) is 0 Å². The van der Waals surface area contributed by atoms with Gasteiger partial charge in [0, 0.05) is 19.0 Å². The van der Waals surface area contributed by atoms with Gasteiger partial charge in [-0.25, -0.2) is 0 Å². The predicted octanol–water partition coefficient (Wildman–Crippen LogP) is 3.11. The summed E-state index contributed by atoms with van der Waals surface area (Å²) in [6, 6.07) is 0.400. The van der Waals surface area contributed by atoms with E-state index in [2.05, 4.69) is 0 Å². The van der Waals surface area contributed by atoms with Gasteiger partial charge in [-0.1, -0.05) is 44.9 Å². The van der Waals surface area contributed by atoms with Crippen molar-refractivity contribution in [2.24, 2.45) is 5.92 Å². The molecule has 0 unspecified atom stereocenters. The van der Waals surface area contributed by atoms with Crippen LogP contribution in [0.5, 0.6) is 0 Å². The lowest BCUT2D eigenvalue weighted by molar-refractivity contribution is -0.135. The summed E-state index contributed by atoms with van der Waals surface area (Å²) in [4.78, 5) is 14.4. The maximum atomic E-state index is 12.4. The molecule has 3 heteroatoms. The van der Waals surface area contributed by atoms with E-state index in [-0.39, 0.29) is 12.5 Å². The van der Waals surface area contributed by atoms with Gasteiger partial charge in [0.25, 0.3) is 0 Å². The van der Waals surface area contributed by atoms with Crippen LogP contribution in [0.4, 0.5) is 0 Å². The number of rotatable bonds is 6. The molecule has 0 aromatic rings. The summed E-state index contributed by atoms with van der Waals surface area (Å²) in [5.41, 5.74) is 0. The van der Waals surface area contributed by atoms with Crippen molar-refractivity contribution < 1.29 is 9.90 Å². The first-order chi connectivity index (χ1) is 9.31. The minimum Gasteiger partial charge on any atom is -0.395 e. The Balaban J connectivity index is 1.80. The zero-order valence-electron chi connectivity index (χ0n) is 12.1. The number of carbonyl (C=O) groups excluding carboxylic acids is 1. The summed E-state index contributed by atoms with van der Waals surface area (Å²) < 4.78 is 0. The molecule has 110 valence electrons. The third kappa shape index (κ3) is 4.48. The summed E-state index contributed by atoms with van der Waals surface area (Å²) in [5.74, 6) is 1.07. The molecule has 2 fully saturated rings. The largest absolute Gasteiger partial charge is 0.395 e. The molecular weight excluding hydrogens is 238 g/mol. The molecule has 0 radical (unpaired) electrons. The molecule has 2 aliphatic carbocycles. The lowest BCUT2D eigenvalue weighted by Crippen LogP contribution is -2.43. The van der Waals surface area contributed by atoms with Crippen molar-refractivity contribution in [3.8, 4) is 0 Å². The second-order valence-electron chi connectivity index (χ2n) is 6.29. The molecule has 0 heterocycles. The molecule has 3 nitrogen and oxygen atoms in total. The summed E-state index contributed by atoms with van der Waals surface area (Å²) >= 11 is 0. The van der Waals surface area contributed by atoms with Crippen LogP contribution in [-0.4, -0.2) is 35.1 Å². The number of hydrogen-bond acceptors (Lipinski definition) is 2. The third-order valence-corrected chi connectivity index (χ3v) is 4.92. The summed E-state index contributed by atoms with van der Waals surface area (Å²) in [6.07, 6.45) is 13.1. The minimum atomic E-state index is 0.103. The molecule has 2 aliphatic rings. The first-order valence-electron chi connectivity index (χ1n) is 8.21. The highest BCUT2D eigenvalue weighted by molar-refractivity contribution is 5.76. The van der Waals surface area contributed by atoms with Crippen molar-refractivity contribution in [2.75, 3.05) is 13.2 Å². The number of aliphatic hydroxyl groups excluding tert-OH is 1. The molecule has 2 saturated carbocycles. The van der Waals surface area contributed by atoms with Gasteiger partial charge in [-0.3, -0.25) is 4.79 Å². The van der Waals surface area contributed by atoms with Gasteiger partial charge >= 0.3 is 0 Å². The second-order valence-corrected chi connectivity index (χ2v) is 6.29. The van der Waals surface area contributed by atoms with Crippen LogP contribution in [-0.2, 0) is 4.79 Å². The smallest absolute Gasteiger partial charge is 0.222 e. The highest BCUT2D eigenvalue weighted by Crippen LogP contribution is 2.29. The molecule has 0 spiro atoms. The van der Waals surface area contributed by atoms with Gasteiger partial charge in [0.15, 0.2) is 0 Å². The van der Waals surface area contributed by atoms with E-state index in [1.807, 2.05) is 4.90 Å². The van der Waals surface area contributed by atoms with Crippen LogP contribution >= 0.6 is 0 Å². The Morgan fingerprint density at radius 3 is 2.26 bits per heavy atom. The van der Waals surface area contributed by atoms with E-state index in [4.69, 9.17) is 0 Å². The van der Waals surface area contributed by atoms with Crippen LogP contribution in [0.25, 0.3) is 0 Å². The maximum Gasteiger partial charge on any atom is 0.222 e. The standard InChI is InChI=1S/C16H29NO2/c18-13-12-17(15-8-2-1-3-9-15)16(19)11-10-14-6-4-5-7-14/h14-15,18H,1-13H2. The van der Waals surface area contributed by atoms with E-state index in [0.29, 0.717) is 19.0 Å². The van der Waals surface area contributed by atoms with E-state index in [1.165, 1.54) is 44.9 Å². The predicted molar refractivity (Wildman–Crippen MR) is 76.9 cm³/mol. The molecule has 0 bridgehead atoms. The highest BCUT2D eigenvalue weighted by atomic mass is 16.3. The van der Waals surface area contributed by atoms with E-state index < -0.39 is 0 Å². The lowest BCUT2D eigenvalue weighted by atomic mass is 9.93. The summed E-state index contributed by atoms with van der Waals surface area (Å²) in [5, 5.41) is 9.20. The van der Waals surface area contributed by atoms with Crippen LogP contribution < -0.4 is 0 Å². The highest BCUT2D eigenvalue weighted by Gasteiger charge is 2.25. The fourth-order valence-corrected chi connectivity index (χ4v) is 3.78. The van der Waals surface area contributed by atoms with Crippen molar-refractivity contribution in [3.05, 3.63) is 0 Å². The molecule has 1 amide bonds. The Labute approximate surface area is 117 Å². The molecule has 0 saturated heterocycles. The zero-order chi connectivity index (χ0) is 13.5. The maximum absolute atomic E-state index is 12.4. The van der Waals surface area contributed by atoms with Crippen LogP contribution in [0.2, 0.25) is 0 Å². The number of nitrogens with zero attached hydrogens (tertiary/aromatic N) is 1. The molecule has 0 aromatic carbocycles. The van der Waals surface area contributed by atoms with Crippen LogP contribution in [0.15, 0.2) is 0 Å². The van der Waals surface area contributed by atoms with Crippen molar-refractivity contribution in [3.63, 3.8) is 0 Å². The number of amides is 1. The second kappa shape index (κ2) is 7.88. The van der Waals surface area contributed by atoms with Gasteiger partial charge in [-0.2, -0.15) is 0 Å². The summed E-state index contributed by atoms with van der Waals surface area (Å²) in [7, 11) is 0. The van der Waals surface area contributed by atoms with Gasteiger partial charge in [0.2, 0.25) is 5.91 Å². The Bertz CT molecular complexity index is 268. The first kappa shape index (κ1) is 14.8. The van der Waals surface area contributed by atoms with Gasteiger partial charge < -0.3 is 10.0 Å². The van der Waals surface area contributed by atoms with Crippen LogP contribution in [0, 0.1) is 5.92 Å². The monoisotopic (exact) mass is 267 g/mol. The number of aliphatic hydroxyl groups is 1. The Hall–Kier alpha value is -0.570. The van der Waals surface area contributed by atoms with E-state index in [1.54, 1.807) is 0 Å². The fraction of sp³-hybridized carbons (Fsp3) is 0.938. The number of carbonyl (C=O) groups is 1. The normalized spacial score (nSPS) is 21.7.